The van der Waals surface area contributed by atoms with E-state index < -0.39 is 6.04 Å². The fraction of sp³-hybridized carbons (Fsp3) is 0.324. The van der Waals surface area contributed by atoms with Crippen LogP contribution in [0, 0.1) is 5.82 Å². The molecule has 0 aliphatic carbocycles. The number of para-hydroxylation sites is 1. The van der Waals surface area contributed by atoms with Crippen LogP contribution in [-0.2, 0) is 11.2 Å². The first-order chi connectivity index (χ1) is 22.7. The van der Waals surface area contributed by atoms with Gasteiger partial charge in [-0.3, -0.25) is 9.36 Å². The highest BCUT2D eigenvalue weighted by Gasteiger charge is 2.32. The zero-order chi connectivity index (χ0) is 33.1. The second kappa shape index (κ2) is 14.3. The number of nitrogens with one attached hydrogen (secondary N) is 2. The van der Waals surface area contributed by atoms with E-state index in [0.29, 0.717) is 72.4 Å². The molecule has 3 aromatic carbocycles. The summed E-state index contributed by atoms with van der Waals surface area (Å²) in [6, 6.07) is 18.8. The standard InChI is InChI=1S/C34H36Br2FN7O3/c35-25-18-22(19-26(36)31(25)38)20-28(32(45)42-16-14-41(15-17-42)30-9-5-4-8-27(30)37)39-33(46)43-12-10-24(11-13-43)44-21-29(40-34(44)47)23-6-2-1-3-7-23/h1-9,18-19,21,24,28H,10-17,20,38H2,(H,39,46)(H,40,47)/t28-/m1/s1. The van der Waals surface area contributed by atoms with Crippen molar-refractivity contribution >= 4 is 55.2 Å². The Balaban J connectivity index is 1.13. The van der Waals surface area contributed by atoms with Gasteiger partial charge in [-0.15, -0.1) is 0 Å². The zero-order valence-electron chi connectivity index (χ0n) is 25.7. The lowest BCUT2D eigenvalue weighted by molar-refractivity contribution is -0.133. The average molecular weight is 770 g/mol. The van der Waals surface area contributed by atoms with Crippen molar-refractivity contribution in [3.63, 3.8) is 0 Å². The number of aromatic amines is 1. The third-order valence-electron chi connectivity index (χ3n) is 8.93. The first kappa shape index (κ1) is 32.8. The van der Waals surface area contributed by atoms with Gasteiger partial charge in [0.2, 0.25) is 5.91 Å². The van der Waals surface area contributed by atoms with E-state index in [-0.39, 0.29) is 35.9 Å². The normalized spacial score (nSPS) is 16.3. The van der Waals surface area contributed by atoms with Crippen LogP contribution in [0.4, 0.5) is 20.6 Å². The van der Waals surface area contributed by atoms with Gasteiger partial charge in [-0.25, -0.2) is 14.0 Å². The maximum absolute atomic E-state index is 14.4. The maximum atomic E-state index is 14.4. The van der Waals surface area contributed by atoms with Crippen molar-refractivity contribution in [1.82, 2.24) is 24.7 Å². The number of nitrogens with two attached hydrogens (primary N) is 1. The molecular weight excluding hydrogens is 733 g/mol. The molecule has 246 valence electrons. The Bertz CT molecular complexity index is 1780. The van der Waals surface area contributed by atoms with Gasteiger partial charge in [-0.1, -0.05) is 42.5 Å². The molecule has 47 heavy (non-hydrogen) atoms. The van der Waals surface area contributed by atoms with E-state index in [1.54, 1.807) is 32.6 Å². The number of hydrogen-bond donors (Lipinski definition) is 3. The fourth-order valence-electron chi connectivity index (χ4n) is 6.32. The fourth-order valence-corrected chi connectivity index (χ4v) is 7.60. The molecule has 4 aromatic rings. The van der Waals surface area contributed by atoms with E-state index in [2.05, 4.69) is 42.2 Å². The summed E-state index contributed by atoms with van der Waals surface area (Å²) in [6.07, 6.45) is 3.32. The summed E-state index contributed by atoms with van der Waals surface area (Å²) in [5.41, 5.74) is 9.50. The van der Waals surface area contributed by atoms with E-state index in [1.165, 1.54) is 6.07 Å². The van der Waals surface area contributed by atoms with Crippen molar-refractivity contribution in [3.8, 4) is 11.3 Å². The number of anilines is 2. The molecule has 2 fully saturated rings. The van der Waals surface area contributed by atoms with Gasteiger partial charge >= 0.3 is 11.7 Å². The predicted octanol–water partition coefficient (Wildman–Crippen LogP) is 5.40. The number of aromatic nitrogens is 2. The minimum atomic E-state index is -0.830. The van der Waals surface area contributed by atoms with Crippen LogP contribution in [0.25, 0.3) is 11.3 Å². The molecule has 0 unspecified atom stereocenters. The van der Waals surface area contributed by atoms with Gasteiger partial charge in [0, 0.05) is 66.9 Å². The van der Waals surface area contributed by atoms with E-state index >= 15 is 0 Å². The molecule has 4 N–H and O–H groups in total. The average Bonchev–Trinajstić information content (AvgIpc) is 3.48. The number of halogens is 3. The smallest absolute Gasteiger partial charge is 0.326 e. The Kier molecular flexibility index (Phi) is 10.0. The Morgan fingerprint density at radius 3 is 2.21 bits per heavy atom. The third kappa shape index (κ3) is 7.41. The number of carbonyl (C=O) groups is 2. The molecule has 2 aliphatic rings. The van der Waals surface area contributed by atoms with Crippen LogP contribution in [0.2, 0.25) is 0 Å². The van der Waals surface area contributed by atoms with Crippen LogP contribution < -0.4 is 21.6 Å². The second-order valence-electron chi connectivity index (χ2n) is 11.9. The van der Waals surface area contributed by atoms with Crippen molar-refractivity contribution in [2.24, 2.45) is 0 Å². The number of benzene rings is 3. The van der Waals surface area contributed by atoms with Crippen molar-refractivity contribution < 1.29 is 14.0 Å². The lowest BCUT2D eigenvalue weighted by Crippen LogP contribution is -2.57. The highest BCUT2D eigenvalue weighted by molar-refractivity contribution is 9.11. The van der Waals surface area contributed by atoms with Crippen molar-refractivity contribution in [2.45, 2.75) is 31.3 Å². The predicted molar refractivity (Wildman–Crippen MR) is 188 cm³/mol. The number of amides is 3. The minimum Gasteiger partial charge on any atom is -0.397 e. The number of nitrogens with zero attached hydrogens (tertiary/aromatic N) is 4. The summed E-state index contributed by atoms with van der Waals surface area (Å²) < 4.78 is 17.5. The van der Waals surface area contributed by atoms with Gasteiger partial charge in [0.25, 0.3) is 0 Å². The Morgan fingerprint density at radius 2 is 1.55 bits per heavy atom. The highest BCUT2D eigenvalue weighted by atomic mass is 79.9. The summed E-state index contributed by atoms with van der Waals surface area (Å²) in [7, 11) is 0. The van der Waals surface area contributed by atoms with E-state index in [4.69, 9.17) is 5.73 Å². The van der Waals surface area contributed by atoms with Crippen molar-refractivity contribution in [2.75, 3.05) is 49.9 Å². The highest BCUT2D eigenvalue weighted by Crippen LogP contribution is 2.31. The molecule has 2 saturated heterocycles. The molecule has 1 atom stereocenters. The van der Waals surface area contributed by atoms with Crippen LogP contribution in [0.5, 0.6) is 0 Å². The molecule has 3 amide bonds. The largest absolute Gasteiger partial charge is 0.397 e. The second-order valence-corrected chi connectivity index (χ2v) is 13.6. The van der Waals surface area contributed by atoms with Crippen LogP contribution in [0.3, 0.4) is 0 Å². The maximum Gasteiger partial charge on any atom is 0.326 e. The zero-order valence-corrected chi connectivity index (χ0v) is 28.8. The first-order valence-electron chi connectivity index (χ1n) is 15.6. The molecule has 1 aromatic heterocycles. The topological polar surface area (TPSA) is 120 Å². The van der Waals surface area contributed by atoms with Crippen molar-refractivity contribution in [1.29, 1.82) is 0 Å². The van der Waals surface area contributed by atoms with E-state index in [9.17, 15) is 18.8 Å². The Hall–Kier alpha value is -4.10. The van der Waals surface area contributed by atoms with Gasteiger partial charge in [-0.05, 0) is 80.1 Å². The van der Waals surface area contributed by atoms with Crippen molar-refractivity contribution in [3.05, 3.63) is 104 Å². The molecule has 13 heteroatoms. The SMILES string of the molecule is Nc1c(Br)cc(C[C@@H](NC(=O)N2CCC(n3cc(-c4ccccc4)[nH]c3=O)CC2)C(=O)N2CCN(c3ccccc3F)CC2)cc1Br. The summed E-state index contributed by atoms with van der Waals surface area (Å²) in [6.45, 7) is 2.63. The molecule has 0 radical (unpaired) electrons. The summed E-state index contributed by atoms with van der Waals surface area (Å²) in [4.78, 5) is 48.7. The lowest BCUT2D eigenvalue weighted by Gasteiger charge is -2.38. The van der Waals surface area contributed by atoms with E-state index in [1.807, 2.05) is 53.6 Å². The molecule has 0 bridgehead atoms. The summed E-state index contributed by atoms with van der Waals surface area (Å²) >= 11 is 6.97. The molecular formula is C34H36Br2FN7O3. The van der Waals surface area contributed by atoms with Gasteiger partial charge in [-0.2, -0.15) is 0 Å². The van der Waals surface area contributed by atoms with E-state index in [0.717, 1.165) is 16.8 Å². The minimum absolute atomic E-state index is 0.0482. The summed E-state index contributed by atoms with van der Waals surface area (Å²) in [5.74, 6) is -0.489. The molecule has 0 saturated carbocycles. The Morgan fingerprint density at radius 1 is 0.915 bits per heavy atom. The quantitative estimate of drug-likeness (QED) is 0.218. The lowest BCUT2D eigenvalue weighted by atomic mass is 10.0. The van der Waals surface area contributed by atoms with Gasteiger partial charge < -0.3 is 30.7 Å². The van der Waals surface area contributed by atoms with Crippen LogP contribution >= 0.6 is 31.9 Å². The number of piperidine rings is 1. The molecule has 0 spiro atoms. The number of likely N-dealkylation sites (tertiary alicyclic amines) is 1. The number of carbonyl (C=O) groups excluding carboxylic acids is 2. The van der Waals surface area contributed by atoms with Gasteiger partial charge in [0.1, 0.15) is 11.9 Å². The molecule has 2 aliphatic heterocycles. The van der Waals surface area contributed by atoms with Gasteiger partial charge in [0.15, 0.2) is 0 Å². The number of nitrogen functional groups attached to an aromatic ring is 1. The molecule has 6 rings (SSSR count). The number of H-pyrrole nitrogens is 1. The van der Waals surface area contributed by atoms with Crippen LogP contribution in [0.15, 0.2) is 86.7 Å². The monoisotopic (exact) mass is 767 g/mol. The third-order valence-corrected chi connectivity index (χ3v) is 10.2. The van der Waals surface area contributed by atoms with Crippen LogP contribution in [-0.4, -0.2) is 76.6 Å². The first-order valence-corrected chi connectivity index (χ1v) is 17.2. The number of rotatable bonds is 7. The van der Waals surface area contributed by atoms with Gasteiger partial charge in [0.05, 0.1) is 17.1 Å². The number of imidazole rings is 1. The number of piperazine rings is 1. The van der Waals surface area contributed by atoms with Crippen LogP contribution in [0.1, 0.15) is 24.4 Å². The number of urea groups is 1. The molecule has 10 nitrogen and oxygen atoms in total. The molecule has 3 heterocycles. The Labute approximate surface area is 289 Å². The number of hydrogen-bond acceptors (Lipinski definition) is 5. The summed E-state index contributed by atoms with van der Waals surface area (Å²) in [5, 5.41) is 3.02.